The van der Waals surface area contributed by atoms with Gasteiger partial charge >= 0.3 is 0 Å². The second-order valence-electron chi connectivity index (χ2n) is 5.64. The van der Waals surface area contributed by atoms with Crippen molar-refractivity contribution < 1.29 is 4.79 Å². The molecule has 0 aliphatic carbocycles. The molecule has 114 valence electrons. The molecule has 2 aromatic carbocycles. The number of benzene rings is 2. The summed E-state index contributed by atoms with van der Waals surface area (Å²) in [7, 11) is 0. The molecule has 1 N–H and O–H groups in total. The van der Waals surface area contributed by atoms with Gasteiger partial charge in [0.25, 0.3) is 0 Å². The molecule has 0 aliphatic heterocycles. The van der Waals surface area contributed by atoms with Crippen LogP contribution in [0, 0.1) is 25.2 Å². The van der Waals surface area contributed by atoms with Crippen LogP contribution in [0.4, 0.5) is 5.69 Å². The summed E-state index contributed by atoms with van der Waals surface area (Å²) >= 11 is 0. The van der Waals surface area contributed by atoms with Crippen LogP contribution in [-0.4, -0.2) is 10.5 Å². The van der Waals surface area contributed by atoms with E-state index >= 15 is 0 Å². The molecule has 0 saturated heterocycles. The number of carbonyl (C=O) groups is 1. The summed E-state index contributed by atoms with van der Waals surface area (Å²) in [5.41, 5.74) is 4.44. The van der Waals surface area contributed by atoms with Gasteiger partial charge in [0, 0.05) is 17.4 Å². The third-order valence-corrected chi connectivity index (χ3v) is 3.96. The van der Waals surface area contributed by atoms with Crippen molar-refractivity contribution in [3.05, 3.63) is 65.4 Å². The molecular weight excluding hydrogens is 286 g/mol. The average Bonchev–Trinajstić information content (AvgIpc) is 2.93. The van der Waals surface area contributed by atoms with Crippen LogP contribution < -0.4 is 5.32 Å². The monoisotopic (exact) mass is 303 g/mol. The molecule has 0 bridgehead atoms. The molecule has 1 amide bonds. The summed E-state index contributed by atoms with van der Waals surface area (Å²) in [6.07, 6.45) is 1.87. The third kappa shape index (κ3) is 2.95. The van der Waals surface area contributed by atoms with Gasteiger partial charge in [-0.05, 0) is 48.6 Å². The lowest BCUT2D eigenvalue weighted by Crippen LogP contribution is -2.19. The highest BCUT2D eigenvalue weighted by molar-refractivity contribution is 5.93. The molecule has 0 atom stereocenters. The number of nitrogens with zero attached hydrogens (tertiary/aromatic N) is 2. The van der Waals surface area contributed by atoms with Gasteiger partial charge in [0.05, 0.1) is 11.6 Å². The fourth-order valence-electron chi connectivity index (χ4n) is 2.74. The first-order valence-electron chi connectivity index (χ1n) is 7.43. The lowest BCUT2D eigenvalue weighted by atomic mass is 10.1. The van der Waals surface area contributed by atoms with Gasteiger partial charge in [-0.25, -0.2) is 0 Å². The molecule has 0 unspecified atom stereocenters. The summed E-state index contributed by atoms with van der Waals surface area (Å²) in [5, 5.41) is 13.0. The number of anilines is 1. The number of para-hydroxylation sites is 1. The number of nitriles is 1. The Morgan fingerprint density at radius 1 is 1.17 bits per heavy atom. The Balaban J connectivity index is 1.85. The molecule has 4 nitrogen and oxygen atoms in total. The first-order chi connectivity index (χ1) is 11.1. The zero-order chi connectivity index (χ0) is 16.4. The molecular formula is C19H17N3O. The Kier molecular flexibility index (Phi) is 3.86. The predicted molar refractivity (Wildman–Crippen MR) is 91.2 cm³/mol. The van der Waals surface area contributed by atoms with E-state index in [0.717, 1.165) is 27.7 Å². The fraction of sp³-hybridized carbons (Fsp3) is 0.158. The average molecular weight is 303 g/mol. The number of aryl methyl sites for hydroxylation is 2. The highest BCUT2D eigenvalue weighted by Crippen LogP contribution is 2.20. The van der Waals surface area contributed by atoms with Gasteiger partial charge in [-0.3, -0.25) is 4.79 Å². The Labute approximate surface area is 135 Å². The molecule has 1 heterocycles. The van der Waals surface area contributed by atoms with Gasteiger partial charge in [-0.15, -0.1) is 0 Å². The van der Waals surface area contributed by atoms with E-state index < -0.39 is 0 Å². The predicted octanol–water partition coefficient (Wildman–Crippen LogP) is 3.77. The number of amides is 1. The minimum Gasteiger partial charge on any atom is -0.338 e. The largest absolute Gasteiger partial charge is 0.338 e. The number of fused-ring (bicyclic) bond motifs is 1. The summed E-state index contributed by atoms with van der Waals surface area (Å²) in [5.74, 6) is -0.0812. The molecule has 0 fully saturated rings. The topological polar surface area (TPSA) is 57.8 Å². The maximum Gasteiger partial charge on any atom is 0.244 e. The maximum absolute atomic E-state index is 12.4. The van der Waals surface area contributed by atoms with Gasteiger partial charge in [0.1, 0.15) is 6.54 Å². The van der Waals surface area contributed by atoms with Gasteiger partial charge in [0.15, 0.2) is 0 Å². The molecule has 23 heavy (non-hydrogen) atoms. The van der Waals surface area contributed by atoms with Crippen molar-refractivity contribution in [2.24, 2.45) is 0 Å². The number of hydrogen-bond acceptors (Lipinski definition) is 2. The molecule has 1 aromatic heterocycles. The smallest absolute Gasteiger partial charge is 0.244 e. The lowest BCUT2D eigenvalue weighted by Gasteiger charge is -2.12. The van der Waals surface area contributed by atoms with Crippen LogP contribution in [0.15, 0.2) is 48.7 Å². The van der Waals surface area contributed by atoms with Crippen LogP contribution in [0.2, 0.25) is 0 Å². The molecule has 0 radical (unpaired) electrons. The highest BCUT2D eigenvalue weighted by atomic mass is 16.1. The second-order valence-corrected chi connectivity index (χ2v) is 5.64. The zero-order valence-corrected chi connectivity index (χ0v) is 13.1. The molecule has 0 aliphatic rings. The van der Waals surface area contributed by atoms with Crippen molar-refractivity contribution in [3.8, 4) is 6.07 Å². The Morgan fingerprint density at radius 3 is 2.61 bits per heavy atom. The zero-order valence-electron chi connectivity index (χ0n) is 13.1. The molecule has 4 heteroatoms. The standard InChI is InChI=1S/C19H17N3O/c1-13-4-3-5-14(2)19(13)21-18(23)12-22-9-8-16-7-6-15(11-20)10-17(16)22/h3-10H,12H2,1-2H3,(H,21,23). The Hall–Kier alpha value is -3.06. The van der Waals surface area contributed by atoms with Crippen LogP contribution in [0.1, 0.15) is 16.7 Å². The lowest BCUT2D eigenvalue weighted by molar-refractivity contribution is -0.116. The Morgan fingerprint density at radius 2 is 1.91 bits per heavy atom. The van der Waals surface area contributed by atoms with E-state index in [1.807, 2.05) is 61.0 Å². The van der Waals surface area contributed by atoms with Gasteiger partial charge in [0.2, 0.25) is 5.91 Å². The van der Waals surface area contributed by atoms with Crippen LogP contribution in [0.3, 0.4) is 0 Å². The fourth-order valence-corrected chi connectivity index (χ4v) is 2.74. The minimum atomic E-state index is -0.0812. The van der Waals surface area contributed by atoms with Gasteiger partial charge in [-0.1, -0.05) is 24.3 Å². The van der Waals surface area contributed by atoms with Crippen molar-refractivity contribution in [2.45, 2.75) is 20.4 Å². The van der Waals surface area contributed by atoms with Crippen LogP contribution in [0.5, 0.6) is 0 Å². The summed E-state index contributed by atoms with van der Waals surface area (Å²) in [6.45, 7) is 4.17. The number of rotatable bonds is 3. The van der Waals surface area contributed by atoms with Crippen LogP contribution in [0.25, 0.3) is 10.9 Å². The van der Waals surface area contributed by atoms with E-state index in [-0.39, 0.29) is 12.5 Å². The quantitative estimate of drug-likeness (QED) is 0.800. The highest BCUT2D eigenvalue weighted by Gasteiger charge is 2.10. The maximum atomic E-state index is 12.4. The third-order valence-electron chi connectivity index (χ3n) is 3.96. The Bertz CT molecular complexity index is 911. The molecule has 0 saturated carbocycles. The second kappa shape index (κ2) is 5.98. The van der Waals surface area contributed by atoms with Crippen LogP contribution in [-0.2, 0) is 11.3 Å². The SMILES string of the molecule is Cc1cccc(C)c1NC(=O)Cn1ccc2ccc(C#N)cc21. The normalized spacial score (nSPS) is 10.5. The van der Waals surface area contributed by atoms with Crippen LogP contribution >= 0.6 is 0 Å². The van der Waals surface area contributed by atoms with E-state index in [0.29, 0.717) is 5.56 Å². The van der Waals surface area contributed by atoms with Crippen molar-refractivity contribution in [1.82, 2.24) is 4.57 Å². The summed E-state index contributed by atoms with van der Waals surface area (Å²) < 4.78 is 1.86. The van der Waals surface area contributed by atoms with E-state index in [1.165, 1.54) is 0 Å². The van der Waals surface area contributed by atoms with Crippen molar-refractivity contribution in [2.75, 3.05) is 5.32 Å². The van der Waals surface area contributed by atoms with E-state index in [1.54, 1.807) is 6.07 Å². The van der Waals surface area contributed by atoms with Crippen molar-refractivity contribution >= 4 is 22.5 Å². The van der Waals surface area contributed by atoms with Crippen molar-refractivity contribution in [3.63, 3.8) is 0 Å². The minimum absolute atomic E-state index is 0.0812. The van der Waals surface area contributed by atoms with Crippen molar-refractivity contribution in [1.29, 1.82) is 5.26 Å². The first-order valence-corrected chi connectivity index (χ1v) is 7.43. The van der Waals surface area contributed by atoms with E-state index in [9.17, 15) is 4.79 Å². The summed E-state index contributed by atoms with van der Waals surface area (Å²) in [6, 6.07) is 15.5. The number of aromatic nitrogens is 1. The van der Waals surface area contributed by atoms with Gasteiger partial charge < -0.3 is 9.88 Å². The number of carbonyl (C=O) groups excluding carboxylic acids is 1. The molecule has 0 spiro atoms. The number of nitrogens with one attached hydrogen (secondary N) is 1. The van der Waals surface area contributed by atoms with Gasteiger partial charge in [-0.2, -0.15) is 5.26 Å². The number of hydrogen-bond donors (Lipinski definition) is 1. The molecule has 3 aromatic rings. The van der Waals surface area contributed by atoms with E-state index in [4.69, 9.17) is 5.26 Å². The first kappa shape index (κ1) is 14.9. The van der Waals surface area contributed by atoms with E-state index in [2.05, 4.69) is 11.4 Å². The summed E-state index contributed by atoms with van der Waals surface area (Å²) in [4.78, 5) is 12.4. The molecule has 3 rings (SSSR count).